The molecule has 4 aliphatic carbocycles. The molecule has 15 N–H and O–H groups in total. The monoisotopic (exact) mass is 1400 g/mol. The summed E-state index contributed by atoms with van der Waals surface area (Å²) in [4.78, 5) is 140. The highest BCUT2D eigenvalue weighted by atomic mass is 33.1. The van der Waals surface area contributed by atoms with Crippen molar-refractivity contribution in [3.05, 3.63) is 131 Å². The second kappa shape index (κ2) is 34.6. The Morgan fingerprint density at radius 3 is 1.99 bits per heavy atom. The van der Waals surface area contributed by atoms with E-state index in [0.29, 0.717) is 54.6 Å². The van der Waals surface area contributed by atoms with E-state index in [1.807, 2.05) is 36.4 Å². The van der Waals surface area contributed by atoms with Gasteiger partial charge >= 0.3 is 5.97 Å². The van der Waals surface area contributed by atoms with Crippen LogP contribution in [0.2, 0.25) is 0 Å². The SMILES string of the molecule is CC(=O)O[C@]1(C(C)=O)CC[C@H]2[C@@H]3C=C(C)C4=CC(=O)CC[C@]4(C)[C@H]3CC[C@@]21C.CC(O)[C@@H]1NC(=O)[C@H](CCCCN)NC(=O)[C@@H](Cc2c[nH]c3ccccc23)NC(=O)[C@H](Cc2ccccc2)NC(=O)[C@@H](NC(=O)[C@H](N)Cc2ccccc2)CSSC[C@@H](C(=O)N[C@H](CO)[C@@H](C)O)NC1=O. The van der Waals surface area contributed by atoms with Gasteiger partial charge in [0, 0.05) is 60.2 Å². The van der Waals surface area contributed by atoms with Crippen molar-refractivity contribution in [2.24, 2.45) is 40.1 Å². The zero-order chi connectivity index (χ0) is 71.9. The minimum atomic E-state index is -1.66. The van der Waals surface area contributed by atoms with Gasteiger partial charge < -0.3 is 73.7 Å². The maximum absolute atomic E-state index is 14.7. The van der Waals surface area contributed by atoms with Crippen molar-refractivity contribution in [2.45, 2.75) is 192 Å². The van der Waals surface area contributed by atoms with Crippen LogP contribution in [0.15, 0.2) is 114 Å². The number of esters is 1. The molecule has 1 saturated heterocycles. The Labute approximate surface area is 586 Å². The summed E-state index contributed by atoms with van der Waals surface area (Å²) < 4.78 is 5.82. The first-order valence-corrected chi connectivity index (χ1v) is 36.7. The van der Waals surface area contributed by atoms with Crippen LogP contribution in [0.1, 0.15) is 123 Å². The molecule has 2 saturated carbocycles. The summed E-state index contributed by atoms with van der Waals surface area (Å²) in [5.74, 6) is -4.98. The van der Waals surface area contributed by atoms with Crippen molar-refractivity contribution in [1.82, 2.24) is 42.2 Å². The van der Waals surface area contributed by atoms with E-state index in [-0.39, 0.29) is 72.1 Å². The van der Waals surface area contributed by atoms with Gasteiger partial charge in [0.05, 0.1) is 30.9 Å². The van der Waals surface area contributed by atoms with Gasteiger partial charge in [0.25, 0.3) is 0 Å². The van der Waals surface area contributed by atoms with E-state index in [1.54, 1.807) is 67.7 Å². The molecular weight excluding hydrogens is 1300 g/mol. The zero-order valence-corrected chi connectivity index (χ0v) is 59.1. The normalized spacial score (nSPS) is 29.0. The predicted octanol–water partition coefficient (Wildman–Crippen LogP) is 3.77. The number of para-hydroxylation sites is 1. The molecule has 3 aromatic carbocycles. The highest BCUT2D eigenvalue weighted by Crippen LogP contribution is 2.68. The number of nitrogens with two attached hydrogens (primary N) is 2. The summed E-state index contributed by atoms with van der Waals surface area (Å²) in [7, 11) is 2.06. The molecule has 3 fully saturated rings. The average Bonchev–Trinajstić information content (AvgIpc) is 1.64. The molecule has 0 radical (unpaired) electrons. The molecular formula is C73H98N10O14S2. The maximum Gasteiger partial charge on any atom is 0.303 e. The lowest BCUT2D eigenvalue weighted by Gasteiger charge is -2.58. The third-order valence-corrected chi connectivity index (χ3v) is 23.1. The van der Waals surface area contributed by atoms with E-state index in [0.717, 1.165) is 63.7 Å². The summed E-state index contributed by atoms with van der Waals surface area (Å²) in [5.41, 5.74) is 16.2. The van der Waals surface area contributed by atoms with Crippen LogP contribution >= 0.6 is 21.6 Å². The Morgan fingerprint density at radius 1 is 0.727 bits per heavy atom. The molecule has 2 heterocycles. The Morgan fingerprint density at radius 2 is 1.34 bits per heavy atom. The third-order valence-electron chi connectivity index (χ3n) is 20.7. The van der Waals surface area contributed by atoms with Gasteiger partial charge in [-0.15, -0.1) is 0 Å². The molecule has 1 aliphatic heterocycles. The Kier molecular flexibility index (Phi) is 26.9. The fourth-order valence-electron chi connectivity index (χ4n) is 15.2. The van der Waals surface area contributed by atoms with Gasteiger partial charge in [0.1, 0.15) is 36.3 Å². The van der Waals surface area contributed by atoms with Crippen LogP contribution in [0.25, 0.3) is 10.9 Å². The number of hydrogen-bond acceptors (Lipinski definition) is 18. The number of ketones is 2. The number of carbonyl (C=O) groups excluding carboxylic acids is 10. The Hall–Kier alpha value is -7.72. The molecule has 7 amide bonds. The first kappa shape index (κ1) is 77.0. The predicted molar refractivity (Wildman–Crippen MR) is 378 cm³/mol. The van der Waals surface area contributed by atoms with Gasteiger partial charge in [0.2, 0.25) is 41.4 Å². The van der Waals surface area contributed by atoms with Crippen molar-refractivity contribution in [3.8, 4) is 0 Å². The van der Waals surface area contributed by atoms with Gasteiger partial charge in [0.15, 0.2) is 17.2 Å². The van der Waals surface area contributed by atoms with Crippen LogP contribution in [0.4, 0.5) is 0 Å². The fourth-order valence-corrected chi connectivity index (χ4v) is 17.5. The van der Waals surface area contributed by atoms with Gasteiger partial charge in [-0.2, -0.15) is 0 Å². The summed E-state index contributed by atoms with van der Waals surface area (Å²) in [6.07, 6.45) is 9.04. The highest BCUT2D eigenvalue weighted by molar-refractivity contribution is 8.76. The van der Waals surface area contributed by atoms with Gasteiger partial charge in [-0.1, -0.05) is 126 Å². The van der Waals surface area contributed by atoms with Crippen molar-refractivity contribution in [3.63, 3.8) is 0 Å². The molecule has 536 valence electrons. The van der Waals surface area contributed by atoms with Crippen LogP contribution in [0, 0.1) is 28.6 Å². The number of allylic oxidation sites excluding steroid dienone is 4. The standard InChI is InChI=1S/C49H66N10O10S2.C24H32O4/c1-28(61)39(25-60)56-48(68)41-27-71-70-26-40(57-43(63)34(51)21-30-13-5-3-6-14-30)47(67)54-37(22-31-15-7-4-8-16-31)45(65)55-38(23-32-24-52-35-18-10-9-17-33(32)35)46(66)53-36(19-11-12-20-50)44(64)59-42(29(2)62)49(69)58-41;1-14-12-18-19(22(4)9-6-17(27)13-21(14)22)7-10-23(5)20(18)8-11-24(23,15(2)25)28-16(3)26/h3-10,13-18,24,28-29,34,36-42,52,60-62H,11-12,19-23,25-27,50-51H2,1-2H3,(H,53,66)(H,54,67)(H,55,65)(H,56,68)(H,57,63)(H,58,69)(H,59,64);12-13,18-20H,6-11H2,1-5H3/t28-,29?,34-,36+,37+,38-,39-,40+,41+,42+;18-,19+,20+,22-,23+,24+/m11/s1. The van der Waals surface area contributed by atoms with E-state index >= 15 is 0 Å². The largest absolute Gasteiger partial charge is 0.451 e. The molecule has 26 heteroatoms. The van der Waals surface area contributed by atoms with Crippen molar-refractivity contribution < 1.29 is 68.0 Å². The minimum absolute atomic E-state index is 0.0160. The first-order chi connectivity index (χ1) is 47.1. The van der Waals surface area contributed by atoms with Gasteiger partial charge in [-0.25, -0.2) is 0 Å². The van der Waals surface area contributed by atoms with Gasteiger partial charge in [-0.05, 0) is 150 Å². The van der Waals surface area contributed by atoms with Crippen LogP contribution in [0.3, 0.4) is 0 Å². The highest BCUT2D eigenvalue weighted by Gasteiger charge is 2.67. The van der Waals surface area contributed by atoms with E-state index in [4.69, 9.17) is 16.2 Å². The minimum Gasteiger partial charge on any atom is -0.451 e. The number of carbonyl (C=O) groups is 10. The molecule has 1 aromatic heterocycles. The van der Waals surface area contributed by atoms with Crippen LogP contribution < -0.4 is 48.7 Å². The number of benzene rings is 3. The quantitative estimate of drug-likeness (QED) is 0.0361. The molecule has 9 rings (SSSR count). The van der Waals surface area contributed by atoms with E-state index in [1.165, 1.54) is 31.9 Å². The Balaban J connectivity index is 0.000000367. The second-order valence-corrected chi connectivity index (χ2v) is 30.1. The summed E-state index contributed by atoms with van der Waals surface area (Å²) in [6, 6.07) is 14.6. The number of fused-ring (bicyclic) bond motifs is 6. The number of unbranched alkanes of at least 4 members (excludes halogenated alkanes) is 1. The van der Waals surface area contributed by atoms with E-state index in [2.05, 4.69) is 69.0 Å². The van der Waals surface area contributed by atoms with E-state index in [9.17, 15) is 63.3 Å². The molecule has 24 nitrogen and oxygen atoms in total. The fraction of sp³-hybridized carbons (Fsp3) is 0.534. The lowest BCUT2D eigenvalue weighted by Crippen LogP contribution is -2.62. The average molecular weight is 1400 g/mol. The van der Waals surface area contributed by atoms with Crippen molar-refractivity contribution in [1.29, 1.82) is 0 Å². The number of Topliss-reactive ketones (excluding diaryl/α,β-unsaturated/α-hetero) is 1. The van der Waals surface area contributed by atoms with Crippen LogP contribution in [0.5, 0.6) is 0 Å². The molecule has 0 bridgehead atoms. The molecule has 99 heavy (non-hydrogen) atoms. The zero-order valence-electron chi connectivity index (χ0n) is 57.4. The first-order valence-electron chi connectivity index (χ1n) is 34.2. The molecule has 1 unspecified atom stereocenters. The number of amides is 7. The summed E-state index contributed by atoms with van der Waals surface area (Å²) >= 11 is 0. The number of aromatic nitrogens is 1. The smallest absolute Gasteiger partial charge is 0.303 e. The lowest BCUT2D eigenvalue weighted by atomic mass is 9.47. The number of ether oxygens (including phenoxy) is 1. The third kappa shape index (κ3) is 18.6. The molecule has 4 aromatic rings. The Bertz CT molecular complexity index is 3630. The molecule has 16 atom stereocenters. The summed E-state index contributed by atoms with van der Waals surface area (Å²) in [5, 5.41) is 50.5. The number of aliphatic hydroxyl groups excluding tert-OH is 3. The molecule has 0 spiro atoms. The number of rotatable bonds is 19. The number of aromatic amines is 1. The van der Waals surface area contributed by atoms with Gasteiger partial charge in [-0.3, -0.25) is 47.9 Å². The second-order valence-electron chi connectivity index (χ2n) is 27.5. The van der Waals surface area contributed by atoms with Crippen LogP contribution in [-0.4, -0.2) is 170 Å². The van der Waals surface area contributed by atoms with E-state index < -0.39 is 114 Å². The van der Waals surface area contributed by atoms with Crippen molar-refractivity contribution in [2.75, 3.05) is 24.7 Å². The number of nitrogens with one attached hydrogen (secondary N) is 8. The molecule has 5 aliphatic rings. The van der Waals surface area contributed by atoms with Crippen molar-refractivity contribution >= 4 is 91.4 Å². The summed E-state index contributed by atoms with van der Waals surface area (Å²) in [6.45, 7) is 11.9. The number of hydrogen-bond donors (Lipinski definition) is 13. The number of H-pyrrole nitrogens is 1. The number of aliphatic hydroxyl groups is 3. The topological polar surface area (TPSA) is 393 Å². The lowest BCUT2D eigenvalue weighted by molar-refractivity contribution is -0.185. The maximum atomic E-state index is 14.7. The van der Waals surface area contributed by atoms with Crippen LogP contribution in [-0.2, 0) is 71.9 Å².